The Morgan fingerprint density at radius 3 is 2.44 bits per heavy atom. The summed E-state index contributed by atoms with van der Waals surface area (Å²) >= 11 is 0. The molecule has 0 atom stereocenters. The Hall–Kier alpha value is -1.14. The summed E-state index contributed by atoms with van der Waals surface area (Å²) in [6, 6.07) is 3.62. The van der Waals surface area contributed by atoms with Gasteiger partial charge < -0.3 is 5.32 Å². The highest BCUT2D eigenvalue weighted by molar-refractivity contribution is 7.89. The molecule has 4 nitrogen and oxygen atoms in total. The predicted octanol–water partition coefficient (Wildman–Crippen LogP) is 2.46. The van der Waals surface area contributed by atoms with Crippen molar-refractivity contribution in [2.45, 2.75) is 44.0 Å². The second kappa shape index (κ2) is 5.24. The van der Waals surface area contributed by atoms with Crippen LogP contribution in [-0.2, 0) is 10.0 Å². The highest BCUT2D eigenvalue weighted by atomic mass is 32.2. The zero-order valence-electron chi connectivity index (χ0n) is 10.8. The molecule has 0 unspecified atom stereocenters. The molecule has 1 rings (SSSR count). The van der Waals surface area contributed by atoms with Crippen LogP contribution in [0.15, 0.2) is 23.1 Å². The molecule has 0 aliphatic rings. The van der Waals surface area contributed by atoms with Crippen molar-refractivity contribution in [3.63, 3.8) is 0 Å². The van der Waals surface area contributed by atoms with Gasteiger partial charge in [0.2, 0.25) is 10.0 Å². The van der Waals surface area contributed by atoms with Gasteiger partial charge in [-0.2, -0.15) is 0 Å². The number of hydrogen-bond acceptors (Lipinski definition) is 3. The maximum Gasteiger partial charge on any atom is 0.238 e. The Kier molecular flexibility index (Phi) is 4.34. The van der Waals surface area contributed by atoms with E-state index in [2.05, 4.69) is 5.32 Å². The summed E-state index contributed by atoms with van der Waals surface area (Å²) in [5.74, 6) is -0.620. The molecule has 0 aliphatic carbocycles. The smallest absolute Gasteiger partial charge is 0.238 e. The molecule has 1 aromatic rings. The van der Waals surface area contributed by atoms with Crippen molar-refractivity contribution in [3.8, 4) is 0 Å². The molecule has 18 heavy (non-hydrogen) atoms. The van der Waals surface area contributed by atoms with Gasteiger partial charge >= 0.3 is 0 Å². The third-order valence-electron chi connectivity index (χ3n) is 2.62. The first kappa shape index (κ1) is 14.9. The zero-order valence-corrected chi connectivity index (χ0v) is 11.6. The molecule has 0 bridgehead atoms. The highest BCUT2D eigenvalue weighted by Crippen LogP contribution is 2.24. The van der Waals surface area contributed by atoms with Crippen molar-refractivity contribution in [1.82, 2.24) is 0 Å². The number of sulfonamides is 1. The van der Waals surface area contributed by atoms with Crippen LogP contribution in [0, 0.1) is 5.82 Å². The van der Waals surface area contributed by atoms with Gasteiger partial charge in [-0.05, 0) is 38.5 Å². The minimum Gasteiger partial charge on any atom is -0.378 e. The molecule has 0 amide bonds. The number of nitrogens with one attached hydrogen (secondary N) is 1. The minimum absolute atomic E-state index is 0.223. The van der Waals surface area contributed by atoms with Crippen LogP contribution in [-0.4, -0.2) is 14.0 Å². The van der Waals surface area contributed by atoms with Crippen molar-refractivity contribution in [3.05, 3.63) is 24.0 Å². The standard InChI is InChI=1S/C12H19FN2O2S/c1-4-7-12(2,3)15-11-6-5-9(8-10(11)13)18(14,16)17/h5-6,8,15H,4,7H2,1-3H3,(H2,14,16,17). The summed E-state index contributed by atoms with van der Waals surface area (Å²) in [4.78, 5) is -0.223. The Labute approximate surface area is 107 Å². The SMILES string of the molecule is CCCC(C)(C)Nc1ccc(S(N)(=O)=O)cc1F. The normalized spacial score (nSPS) is 12.5. The fourth-order valence-corrected chi connectivity index (χ4v) is 2.35. The van der Waals surface area contributed by atoms with Crippen LogP contribution in [0.1, 0.15) is 33.6 Å². The lowest BCUT2D eigenvalue weighted by atomic mass is 9.98. The molecule has 0 fully saturated rings. The summed E-state index contributed by atoms with van der Waals surface area (Å²) < 4.78 is 35.9. The topological polar surface area (TPSA) is 72.2 Å². The van der Waals surface area contributed by atoms with Gasteiger partial charge in [0, 0.05) is 5.54 Å². The van der Waals surface area contributed by atoms with Crippen LogP contribution >= 0.6 is 0 Å². The monoisotopic (exact) mass is 274 g/mol. The molecular formula is C12H19FN2O2S. The Balaban J connectivity index is 3.00. The molecule has 0 radical (unpaired) electrons. The van der Waals surface area contributed by atoms with Gasteiger partial charge in [-0.15, -0.1) is 0 Å². The molecule has 0 aromatic heterocycles. The van der Waals surface area contributed by atoms with Crippen LogP contribution in [0.2, 0.25) is 0 Å². The van der Waals surface area contributed by atoms with E-state index in [0.717, 1.165) is 18.9 Å². The average molecular weight is 274 g/mol. The summed E-state index contributed by atoms with van der Waals surface area (Å²) in [5, 5.41) is 7.99. The molecule has 102 valence electrons. The van der Waals surface area contributed by atoms with Crippen molar-refractivity contribution >= 4 is 15.7 Å². The Morgan fingerprint density at radius 1 is 1.39 bits per heavy atom. The van der Waals surface area contributed by atoms with Crippen molar-refractivity contribution in [1.29, 1.82) is 0 Å². The number of hydrogen-bond donors (Lipinski definition) is 2. The largest absolute Gasteiger partial charge is 0.378 e. The van der Waals surface area contributed by atoms with Crippen LogP contribution in [0.25, 0.3) is 0 Å². The third kappa shape index (κ3) is 3.96. The zero-order chi connectivity index (χ0) is 14.0. The van der Waals surface area contributed by atoms with E-state index in [1.54, 1.807) is 0 Å². The van der Waals surface area contributed by atoms with Crippen molar-refractivity contribution in [2.24, 2.45) is 5.14 Å². The molecular weight excluding hydrogens is 255 g/mol. The summed E-state index contributed by atoms with van der Waals surface area (Å²) in [6.45, 7) is 5.97. The van der Waals surface area contributed by atoms with Crippen LogP contribution in [0.5, 0.6) is 0 Å². The summed E-state index contributed by atoms with van der Waals surface area (Å²) in [7, 11) is -3.86. The van der Waals surface area contributed by atoms with E-state index in [-0.39, 0.29) is 16.1 Å². The first-order chi connectivity index (χ1) is 8.15. The molecule has 3 N–H and O–H groups in total. The van der Waals surface area contributed by atoms with Crippen LogP contribution in [0.3, 0.4) is 0 Å². The van der Waals surface area contributed by atoms with Crippen LogP contribution in [0.4, 0.5) is 10.1 Å². The van der Waals surface area contributed by atoms with Gasteiger partial charge in [0.25, 0.3) is 0 Å². The number of nitrogens with two attached hydrogens (primary N) is 1. The number of rotatable bonds is 5. The van der Waals surface area contributed by atoms with Crippen LogP contribution < -0.4 is 10.5 Å². The van der Waals surface area contributed by atoms with E-state index in [4.69, 9.17) is 5.14 Å². The molecule has 0 heterocycles. The molecule has 0 saturated carbocycles. The first-order valence-corrected chi connectivity index (χ1v) is 7.31. The van der Waals surface area contributed by atoms with Gasteiger partial charge in [0.1, 0.15) is 5.82 Å². The number of primary sulfonamides is 1. The third-order valence-corrected chi connectivity index (χ3v) is 3.53. The lowest BCUT2D eigenvalue weighted by Crippen LogP contribution is -2.31. The van der Waals surface area contributed by atoms with Crippen molar-refractivity contribution < 1.29 is 12.8 Å². The second-order valence-corrected chi connectivity index (χ2v) is 6.51. The molecule has 6 heteroatoms. The van der Waals surface area contributed by atoms with Gasteiger partial charge in [0.15, 0.2) is 0 Å². The van der Waals surface area contributed by atoms with E-state index < -0.39 is 15.8 Å². The van der Waals surface area contributed by atoms with Gasteiger partial charge in [-0.25, -0.2) is 17.9 Å². The Morgan fingerprint density at radius 2 is 2.00 bits per heavy atom. The maximum atomic E-state index is 13.8. The molecule has 1 aromatic carbocycles. The van der Waals surface area contributed by atoms with E-state index in [0.29, 0.717) is 0 Å². The lowest BCUT2D eigenvalue weighted by molar-refractivity contribution is 0.504. The summed E-state index contributed by atoms with van der Waals surface area (Å²) in [6.07, 6.45) is 1.85. The molecule has 0 spiro atoms. The average Bonchev–Trinajstić information content (AvgIpc) is 2.19. The summed E-state index contributed by atoms with van der Waals surface area (Å²) in [5.41, 5.74) is 0.0273. The predicted molar refractivity (Wildman–Crippen MR) is 70.4 cm³/mol. The van der Waals surface area contributed by atoms with Gasteiger partial charge in [-0.1, -0.05) is 13.3 Å². The highest BCUT2D eigenvalue weighted by Gasteiger charge is 2.19. The van der Waals surface area contributed by atoms with Gasteiger partial charge in [-0.3, -0.25) is 0 Å². The van der Waals surface area contributed by atoms with E-state index in [9.17, 15) is 12.8 Å². The number of anilines is 1. The van der Waals surface area contributed by atoms with Crippen molar-refractivity contribution in [2.75, 3.05) is 5.32 Å². The molecule has 0 aliphatic heterocycles. The second-order valence-electron chi connectivity index (χ2n) is 4.95. The molecule has 0 saturated heterocycles. The number of benzene rings is 1. The Bertz CT molecular complexity index is 527. The fourth-order valence-electron chi connectivity index (χ4n) is 1.83. The minimum atomic E-state index is -3.86. The quantitative estimate of drug-likeness (QED) is 0.866. The van der Waals surface area contributed by atoms with E-state index in [1.165, 1.54) is 12.1 Å². The maximum absolute atomic E-state index is 13.8. The van der Waals surface area contributed by atoms with Gasteiger partial charge in [0.05, 0.1) is 10.6 Å². The fraction of sp³-hybridized carbons (Fsp3) is 0.500. The first-order valence-electron chi connectivity index (χ1n) is 5.76. The van der Waals surface area contributed by atoms with E-state index >= 15 is 0 Å². The lowest BCUT2D eigenvalue weighted by Gasteiger charge is -2.27. The van der Waals surface area contributed by atoms with E-state index in [1.807, 2.05) is 20.8 Å². The number of halogens is 1.